The van der Waals surface area contributed by atoms with Gasteiger partial charge in [-0.2, -0.15) is 0 Å². The van der Waals surface area contributed by atoms with Gasteiger partial charge in [0.05, 0.1) is 0 Å². The third-order valence-electron chi connectivity index (χ3n) is 3.81. The predicted octanol–water partition coefficient (Wildman–Crippen LogP) is 2.64. The number of hydrogen-bond donors (Lipinski definition) is 1. The van der Waals surface area contributed by atoms with Crippen molar-refractivity contribution in [3.63, 3.8) is 0 Å². The molecule has 0 aliphatic carbocycles. The van der Waals surface area contributed by atoms with Crippen molar-refractivity contribution < 1.29 is 0 Å². The maximum absolute atomic E-state index is 3.43. The van der Waals surface area contributed by atoms with E-state index < -0.39 is 0 Å². The summed E-state index contributed by atoms with van der Waals surface area (Å²) in [6.45, 7) is 7.08. The zero-order valence-electron chi connectivity index (χ0n) is 10.8. The molecule has 0 aromatic heterocycles. The fraction of sp³-hybridized carbons (Fsp3) is 1.00. The zero-order valence-corrected chi connectivity index (χ0v) is 10.8. The molecule has 1 heterocycles. The Labute approximate surface area is 95.4 Å². The first-order valence-electron chi connectivity index (χ1n) is 6.68. The number of unbranched alkanes of at least 4 members (excludes halogenated alkanes) is 2. The van der Waals surface area contributed by atoms with Gasteiger partial charge >= 0.3 is 0 Å². The molecule has 0 aromatic carbocycles. The second-order valence-corrected chi connectivity index (χ2v) is 4.99. The third-order valence-corrected chi connectivity index (χ3v) is 3.81. The van der Waals surface area contributed by atoms with Gasteiger partial charge in [-0.05, 0) is 46.3 Å². The molecular weight excluding hydrogens is 184 g/mol. The Kier molecular flexibility index (Phi) is 6.26. The maximum atomic E-state index is 3.43. The molecule has 1 rings (SSSR count). The monoisotopic (exact) mass is 212 g/mol. The van der Waals surface area contributed by atoms with Crippen molar-refractivity contribution in [1.29, 1.82) is 0 Å². The lowest BCUT2D eigenvalue weighted by Gasteiger charge is -2.36. The highest BCUT2D eigenvalue weighted by atomic mass is 15.2. The van der Waals surface area contributed by atoms with Gasteiger partial charge in [0.2, 0.25) is 0 Å². The highest BCUT2D eigenvalue weighted by Crippen LogP contribution is 2.16. The van der Waals surface area contributed by atoms with E-state index in [4.69, 9.17) is 0 Å². The van der Waals surface area contributed by atoms with Crippen molar-refractivity contribution in [2.75, 3.05) is 20.1 Å². The number of hydrogen-bond acceptors (Lipinski definition) is 2. The second-order valence-electron chi connectivity index (χ2n) is 4.99. The summed E-state index contributed by atoms with van der Waals surface area (Å²) in [5.74, 6) is 0. The van der Waals surface area contributed by atoms with Gasteiger partial charge in [-0.3, -0.25) is 0 Å². The first-order valence-corrected chi connectivity index (χ1v) is 6.68. The summed E-state index contributed by atoms with van der Waals surface area (Å²) in [5, 5.41) is 3.43. The molecule has 2 heteroatoms. The minimum absolute atomic E-state index is 0.764. The van der Waals surface area contributed by atoms with Crippen molar-refractivity contribution in [1.82, 2.24) is 10.2 Å². The first kappa shape index (κ1) is 13.0. The molecule has 0 aromatic rings. The second kappa shape index (κ2) is 7.24. The summed E-state index contributed by atoms with van der Waals surface area (Å²) in [5.41, 5.74) is 0. The Morgan fingerprint density at radius 1 is 1.27 bits per heavy atom. The van der Waals surface area contributed by atoms with Crippen LogP contribution in [-0.4, -0.2) is 37.1 Å². The topological polar surface area (TPSA) is 15.3 Å². The summed E-state index contributed by atoms with van der Waals surface area (Å²) < 4.78 is 0. The molecule has 0 radical (unpaired) electrons. The summed E-state index contributed by atoms with van der Waals surface area (Å²) in [6.07, 6.45) is 8.15. The number of piperidine rings is 1. The van der Waals surface area contributed by atoms with Crippen LogP contribution in [0.4, 0.5) is 0 Å². The van der Waals surface area contributed by atoms with Gasteiger partial charge in [0.25, 0.3) is 0 Å². The van der Waals surface area contributed by atoms with Crippen LogP contribution in [0.25, 0.3) is 0 Å². The molecule has 1 fully saturated rings. The van der Waals surface area contributed by atoms with Crippen molar-refractivity contribution >= 4 is 0 Å². The molecule has 0 bridgehead atoms. The van der Waals surface area contributed by atoms with E-state index in [1.807, 2.05) is 0 Å². The Hall–Kier alpha value is -0.0800. The van der Waals surface area contributed by atoms with Gasteiger partial charge < -0.3 is 10.2 Å². The molecule has 1 unspecified atom stereocenters. The molecule has 0 amide bonds. The fourth-order valence-electron chi connectivity index (χ4n) is 2.47. The fourth-order valence-corrected chi connectivity index (χ4v) is 2.47. The molecular formula is C13H28N2. The minimum Gasteiger partial charge on any atom is -0.317 e. The van der Waals surface area contributed by atoms with Crippen LogP contribution in [0.3, 0.4) is 0 Å². The molecule has 90 valence electrons. The van der Waals surface area contributed by atoms with Gasteiger partial charge in [-0.15, -0.1) is 0 Å². The molecule has 0 spiro atoms. The lowest BCUT2D eigenvalue weighted by atomic mass is 10.0. The normalized spacial score (nSPS) is 20.8. The van der Waals surface area contributed by atoms with Gasteiger partial charge in [0.1, 0.15) is 0 Å². The van der Waals surface area contributed by atoms with E-state index in [1.54, 1.807) is 0 Å². The van der Waals surface area contributed by atoms with Crippen LogP contribution in [0.1, 0.15) is 52.4 Å². The predicted molar refractivity (Wildman–Crippen MR) is 67.3 cm³/mol. The average molecular weight is 212 g/mol. The molecule has 2 nitrogen and oxygen atoms in total. The Morgan fingerprint density at radius 2 is 1.93 bits per heavy atom. The smallest absolute Gasteiger partial charge is 0.0119 e. The molecule has 1 aliphatic heterocycles. The van der Waals surface area contributed by atoms with E-state index in [0.29, 0.717) is 0 Å². The van der Waals surface area contributed by atoms with Crippen LogP contribution in [-0.2, 0) is 0 Å². The van der Waals surface area contributed by atoms with E-state index in [1.165, 1.54) is 51.6 Å². The van der Waals surface area contributed by atoms with Crippen molar-refractivity contribution in [2.45, 2.75) is 64.5 Å². The highest BCUT2D eigenvalue weighted by Gasteiger charge is 2.21. The number of nitrogens with one attached hydrogen (secondary N) is 1. The van der Waals surface area contributed by atoms with Gasteiger partial charge in [0, 0.05) is 12.1 Å². The number of rotatable bonds is 6. The van der Waals surface area contributed by atoms with Crippen molar-refractivity contribution in [3.05, 3.63) is 0 Å². The van der Waals surface area contributed by atoms with Crippen LogP contribution in [0.5, 0.6) is 0 Å². The SMILES string of the molecule is CCCCCC(C)N(C)C1CCNCC1. The molecule has 1 atom stereocenters. The van der Waals surface area contributed by atoms with Crippen molar-refractivity contribution in [3.8, 4) is 0 Å². The molecule has 1 aliphatic rings. The lowest BCUT2D eigenvalue weighted by molar-refractivity contribution is 0.144. The zero-order chi connectivity index (χ0) is 11.1. The molecule has 0 saturated carbocycles. The first-order chi connectivity index (χ1) is 7.25. The molecule has 1 saturated heterocycles. The Bertz CT molecular complexity index is 153. The van der Waals surface area contributed by atoms with Crippen LogP contribution in [0, 0.1) is 0 Å². The van der Waals surface area contributed by atoms with Crippen LogP contribution < -0.4 is 5.32 Å². The standard InChI is InChI=1S/C13H28N2/c1-4-5-6-7-12(2)15(3)13-8-10-14-11-9-13/h12-14H,4-11H2,1-3H3. The molecule has 15 heavy (non-hydrogen) atoms. The quantitative estimate of drug-likeness (QED) is 0.681. The summed E-state index contributed by atoms with van der Waals surface area (Å²) in [6, 6.07) is 1.59. The Morgan fingerprint density at radius 3 is 2.53 bits per heavy atom. The van der Waals surface area contributed by atoms with Crippen LogP contribution in [0.15, 0.2) is 0 Å². The molecule has 1 N–H and O–H groups in total. The summed E-state index contributed by atoms with van der Waals surface area (Å²) in [7, 11) is 2.31. The van der Waals surface area contributed by atoms with Gasteiger partial charge in [0.15, 0.2) is 0 Å². The minimum atomic E-state index is 0.764. The van der Waals surface area contributed by atoms with E-state index in [2.05, 4.69) is 31.1 Å². The van der Waals surface area contributed by atoms with Crippen LogP contribution >= 0.6 is 0 Å². The largest absolute Gasteiger partial charge is 0.317 e. The lowest BCUT2D eigenvalue weighted by Crippen LogP contribution is -2.44. The summed E-state index contributed by atoms with van der Waals surface area (Å²) in [4.78, 5) is 2.61. The van der Waals surface area contributed by atoms with E-state index in [0.717, 1.165) is 12.1 Å². The van der Waals surface area contributed by atoms with Gasteiger partial charge in [-0.25, -0.2) is 0 Å². The van der Waals surface area contributed by atoms with Crippen LogP contribution in [0.2, 0.25) is 0 Å². The highest BCUT2D eigenvalue weighted by molar-refractivity contribution is 4.78. The van der Waals surface area contributed by atoms with E-state index >= 15 is 0 Å². The maximum Gasteiger partial charge on any atom is 0.0119 e. The third kappa shape index (κ3) is 4.52. The van der Waals surface area contributed by atoms with E-state index in [-0.39, 0.29) is 0 Å². The average Bonchev–Trinajstić information content (AvgIpc) is 2.29. The summed E-state index contributed by atoms with van der Waals surface area (Å²) >= 11 is 0. The van der Waals surface area contributed by atoms with E-state index in [9.17, 15) is 0 Å². The Balaban J connectivity index is 2.21. The van der Waals surface area contributed by atoms with Crippen molar-refractivity contribution in [2.24, 2.45) is 0 Å². The number of nitrogens with zero attached hydrogens (tertiary/aromatic N) is 1. The van der Waals surface area contributed by atoms with Gasteiger partial charge in [-0.1, -0.05) is 26.2 Å².